The molecule has 0 saturated heterocycles. The Hall–Kier alpha value is -1.68. The molecule has 0 aliphatic heterocycles. The van der Waals surface area contributed by atoms with Crippen LogP contribution in [0.2, 0.25) is 5.02 Å². The molecule has 4 nitrogen and oxygen atoms in total. The number of nitrogens with zero attached hydrogens (tertiary/aromatic N) is 1. The highest BCUT2D eigenvalue weighted by Gasteiger charge is 2.15. The molecule has 0 amide bonds. The van der Waals surface area contributed by atoms with E-state index in [1.807, 2.05) is 19.9 Å². The van der Waals surface area contributed by atoms with Crippen LogP contribution in [-0.4, -0.2) is 17.1 Å². The highest BCUT2D eigenvalue weighted by Crippen LogP contribution is 2.38. The lowest BCUT2D eigenvalue weighted by Crippen LogP contribution is -1.95. The molecular formula is C12H14ClN3O. The van der Waals surface area contributed by atoms with E-state index in [1.54, 1.807) is 13.3 Å². The van der Waals surface area contributed by atoms with Gasteiger partial charge >= 0.3 is 0 Å². The monoisotopic (exact) mass is 251 g/mol. The van der Waals surface area contributed by atoms with Gasteiger partial charge in [-0.05, 0) is 31.0 Å². The van der Waals surface area contributed by atoms with Crippen LogP contribution in [0.1, 0.15) is 11.1 Å². The minimum Gasteiger partial charge on any atom is -0.496 e. The molecule has 1 aromatic carbocycles. The molecule has 0 aliphatic carbocycles. The number of rotatable bonds is 2. The third-order valence-corrected chi connectivity index (χ3v) is 3.31. The molecular weight excluding hydrogens is 238 g/mol. The molecule has 3 N–H and O–H groups in total. The normalized spacial score (nSPS) is 10.6. The third-order valence-electron chi connectivity index (χ3n) is 2.73. The Kier molecular flexibility index (Phi) is 2.98. The van der Waals surface area contributed by atoms with Gasteiger partial charge in [-0.15, -0.1) is 0 Å². The van der Waals surface area contributed by atoms with Gasteiger partial charge in [-0.1, -0.05) is 11.6 Å². The number of nitrogen functional groups attached to an aromatic ring is 1. The summed E-state index contributed by atoms with van der Waals surface area (Å²) in [6, 6.07) is 1.90. The Balaban J connectivity index is 2.71. The van der Waals surface area contributed by atoms with Crippen LogP contribution in [0, 0.1) is 13.8 Å². The summed E-state index contributed by atoms with van der Waals surface area (Å²) in [7, 11) is 1.63. The summed E-state index contributed by atoms with van der Waals surface area (Å²) in [6.07, 6.45) is 1.67. The van der Waals surface area contributed by atoms with Crippen LogP contribution >= 0.6 is 11.6 Å². The standard InChI is InChI=1S/C12H14ClN3O/c1-6-4-9(17-3)10(7(2)11(6)13)8-5-15-12(14)16-8/h4-5H,1-3H3,(H3,14,15,16). The van der Waals surface area contributed by atoms with Gasteiger partial charge in [0.2, 0.25) is 0 Å². The number of aromatic nitrogens is 2. The summed E-state index contributed by atoms with van der Waals surface area (Å²) in [4.78, 5) is 6.97. The van der Waals surface area contributed by atoms with Crippen molar-refractivity contribution in [3.8, 4) is 17.0 Å². The highest BCUT2D eigenvalue weighted by atomic mass is 35.5. The van der Waals surface area contributed by atoms with Crippen molar-refractivity contribution in [3.63, 3.8) is 0 Å². The summed E-state index contributed by atoms with van der Waals surface area (Å²) in [5.74, 6) is 1.13. The first kappa shape index (κ1) is 11.8. The number of methoxy groups -OCH3 is 1. The predicted octanol–water partition coefficient (Wildman–Crippen LogP) is 2.94. The average Bonchev–Trinajstić information content (AvgIpc) is 2.71. The fourth-order valence-corrected chi connectivity index (χ4v) is 2.03. The van der Waals surface area contributed by atoms with E-state index < -0.39 is 0 Å². The Morgan fingerprint density at radius 2 is 2.12 bits per heavy atom. The predicted molar refractivity (Wildman–Crippen MR) is 69.5 cm³/mol. The third kappa shape index (κ3) is 1.96. The Morgan fingerprint density at radius 1 is 1.41 bits per heavy atom. The molecule has 1 aromatic heterocycles. The van der Waals surface area contributed by atoms with Crippen LogP contribution < -0.4 is 10.5 Å². The van der Waals surface area contributed by atoms with Crippen LogP contribution in [-0.2, 0) is 0 Å². The Bertz CT molecular complexity index is 563. The first-order valence-corrected chi connectivity index (χ1v) is 5.57. The number of anilines is 1. The van der Waals surface area contributed by atoms with Crippen LogP contribution in [0.15, 0.2) is 12.3 Å². The van der Waals surface area contributed by atoms with Gasteiger partial charge < -0.3 is 15.5 Å². The molecule has 90 valence electrons. The van der Waals surface area contributed by atoms with Gasteiger partial charge in [-0.25, -0.2) is 4.98 Å². The molecule has 0 atom stereocenters. The van der Waals surface area contributed by atoms with E-state index in [1.165, 1.54) is 0 Å². The van der Waals surface area contributed by atoms with Gasteiger partial charge in [-0.3, -0.25) is 0 Å². The second kappa shape index (κ2) is 4.30. The van der Waals surface area contributed by atoms with Crippen molar-refractivity contribution in [2.24, 2.45) is 0 Å². The van der Waals surface area contributed by atoms with Crippen molar-refractivity contribution in [1.82, 2.24) is 9.97 Å². The second-order valence-corrected chi connectivity index (χ2v) is 4.27. The summed E-state index contributed by atoms with van der Waals surface area (Å²) in [5.41, 5.74) is 9.22. The maximum atomic E-state index is 6.25. The van der Waals surface area contributed by atoms with Crippen molar-refractivity contribution in [1.29, 1.82) is 0 Å². The van der Waals surface area contributed by atoms with Crippen molar-refractivity contribution >= 4 is 17.5 Å². The lowest BCUT2D eigenvalue weighted by molar-refractivity contribution is 0.415. The summed E-state index contributed by atoms with van der Waals surface area (Å²) in [5, 5.41) is 0.731. The van der Waals surface area contributed by atoms with Crippen molar-refractivity contribution in [3.05, 3.63) is 28.4 Å². The summed E-state index contributed by atoms with van der Waals surface area (Å²) in [6.45, 7) is 3.90. The van der Waals surface area contributed by atoms with Crippen molar-refractivity contribution < 1.29 is 4.74 Å². The lowest BCUT2D eigenvalue weighted by atomic mass is 10.0. The van der Waals surface area contributed by atoms with E-state index in [0.29, 0.717) is 5.95 Å². The van der Waals surface area contributed by atoms with E-state index in [0.717, 1.165) is 33.2 Å². The number of nitrogens with one attached hydrogen (secondary N) is 1. The maximum absolute atomic E-state index is 6.25. The van der Waals surface area contributed by atoms with E-state index >= 15 is 0 Å². The molecule has 5 heteroatoms. The van der Waals surface area contributed by atoms with Crippen LogP contribution in [0.25, 0.3) is 11.3 Å². The number of benzene rings is 1. The molecule has 0 fully saturated rings. The SMILES string of the molecule is COc1cc(C)c(Cl)c(C)c1-c1cnc(N)[nH]1. The minimum atomic E-state index is 0.373. The van der Waals surface area contributed by atoms with E-state index in [4.69, 9.17) is 22.1 Å². The number of hydrogen-bond acceptors (Lipinski definition) is 3. The van der Waals surface area contributed by atoms with Gasteiger partial charge in [-0.2, -0.15) is 0 Å². The zero-order valence-electron chi connectivity index (χ0n) is 9.97. The van der Waals surface area contributed by atoms with E-state index in [-0.39, 0.29) is 0 Å². The fraction of sp³-hybridized carbons (Fsp3) is 0.250. The summed E-state index contributed by atoms with van der Waals surface area (Å²) >= 11 is 6.25. The van der Waals surface area contributed by atoms with Gasteiger partial charge in [0.1, 0.15) is 5.75 Å². The first-order valence-electron chi connectivity index (χ1n) is 5.19. The Morgan fingerprint density at radius 3 is 2.65 bits per heavy atom. The van der Waals surface area contributed by atoms with Gasteiger partial charge in [0, 0.05) is 10.6 Å². The molecule has 1 heterocycles. The number of hydrogen-bond donors (Lipinski definition) is 2. The molecule has 0 unspecified atom stereocenters. The molecule has 0 radical (unpaired) electrons. The molecule has 2 aromatic rings. The van der Waals surface area contributed by atoms with E-state index in [9.17, 15) is 0 Å². The fourth-order valence-electron chi connectivity index (χ4n) is 1.88. The molecule has 2 rings (SSSR count). The van der Waals surface area contributed by atoms with Gasteiger partial charge in [0.15, 0.2) is 5.95 Å². The molecule has 0 saturated carbocycles. The average molecular weight is 252 g/mol. The zero-order chi connectivity index (χ0) is 12.6. The van der Waals surface area contributed by atoms with Crippen LogP contribution in [0.5, 0.6) is 5.75 Å². The molecule has 0 spiro atoms. The second-order valence-electron chi connectivity index (χ2n) is 3.89. The van der Waals surface area contributed by atoms with Gasteiger partial charge in [0.05, 0.1) is 19.0 Å². The van der Waals surface area contributed by atoms with Crippen LogP contribution in [0.4, 0.5) is 5.95 Å². The lowest BCUT2D eigenvalue weighted by Gasteiger charge is -2.13. The van der Waals surface area contributed by atoms with Gasteiger partial charge in [0.25, 0.3) is 0 Å². The summed E-state index contributed by atoms with van der Waals surface area (Å²) < 4.78 is 5.38. The van der Waals surface area contributed by atoms with E-state index in [2.05, 4.69) is 9.97 Å². The number of aryl methyl sites for hydroxylation is 1. The maximum Gasteiger partial charge on any atom is 0.197 e. The number of halogens is 1. The Labute approximate surface area is 105 Å². The smallest absolute Gasteiger partial charge is 0.197 e. The quantitative estimate of drug-likeness (QED) is 0.863. The number of H-pyrrole nitrogens is 1. The molecule has 0 aliphatic rings. The number of ether oxygens (including phenoxy) is 1. The van der Waals surface area contributed by atoms with Crippen molar-refractivity contribution in [2.75, 3.05) is 12.8 Å². The largest absolute Gasteiger partial charge is 0.496 e. The zero-order valence-corrected chi connectivity index (χ0v) is 10.7. The van der Waals surface area contributed by atoms with Crippen molar-refractivity contribution in [2.45, 2.75) is 13.8 Å². The number of nitrogens with two attached hydrogens (primary N) is 1. The topological polar surface area (TPSA) is 63.9 Å². The highest BCUT2D eigenvalue weighted by molar-refractivity contribution is 6.32. The number of aromatic amines is 1. The molecule has 17 heavy (non-hydrogen) atoms. The molecule has 0 bridgehead atoms. The minimum absolute atomic E-state index is 0.373. The van der Waals surface area contributed by atoms with Crippen LogP contribution in [0.3, 0.4) is 0 Å². The first-order chi connectivity index (χ1) is 8.04. The number of imidazole rings is 1.